The van der Waals surface area contributed by atoms with Gasteiger partial charge in [-0.15, -0.1) is 5.10 Å². The van der Waals surface area contributed by atoms with Crippen molar-refractivity contribution in [1.29, 1.82) is 0 Å². The molecule has 0 radical (unpaired) electrons. The van der Waals surface area contributed by atoms with E-state index >= 15 is 0 Å². The smallest absolute Gasteiger partial charge is 0.433 e. The van der Waals surface area contributed by atoms with Crippen molar-refractivity contribution in [2.75, 3.05) is 11.9 Å². The second-order valence-electron chi connectivity index (χ2n) is 5.62. The van der Waals surface area contributed by atoms with Gasteiger partial charge in [0.25, 0.3) is 11.9 Å². The van der Waals surface area contributed by atoms with Crippen molar-refractivity contribution in [2.24, 2.45) is 7.05 Å². The van der Waals surface area contributed by atoms with Crippen LogP contribution < -0.4 is 9.64 Å². The van der Waals surface area contributed by atoms with Gasteiger partial charge in [0.15, 0.2) is 12.4 Å². The average Bonchev–Trinajstić information content (AvgIpc) is 3.33. The molecule has 0 spiro atoms. The second-order valence-corrected chi connectivity index (χ2v) is 5.62. The molecule has 0 saturated carbocycles. The molecule has 0 atom stereocenters. The minimum atomic E-state index is -4.84. The average molecular weight is 434 g/mol. The summed E-state index contributed by atoms with van der Waals surface area (Å²) in [5.74, 6) is -2.14. The summed E-state index contributed by atoms with van der Waals surface area (Å²) in [5.41, 5.74) is -1.75. The number of hydrogen-bond donors (Lipinski definition) is 0. The van der Waals surface area contributed by atoms with Gasteiger partial charge in [0.05, 0.1) is 0 Å². The summed E-state index contributed by atoms with van der Waals surface area (Å²) in [6, 6.07) is 1.41. The maximum Gasteiger partial charge on any atom is 0.433 e. The number of hydrogen-bond acceptors (Lipinski definition) is 9. The summed E-state index contributed by atoms with van der Waals surface area (Å²) >= 11 is 0. The Bertz CT molecular complexity index is 1050. The number of amides is 1. The molecule has 0 aromatic carbocycles. The molecule has 0 aliphatic rings. The van der Waals surface area contributed by atoms with Crippen LogP contribution >= 0.6 is 0 Å². The first-order valence-electron chi connectivity index (χ1n) is 7.86. The molecule has 3 heterocycles. The predicted molar refractivity (Wildman–Crippen MR) is 84.2 cm³/mol. The second kappa shape index (κ2) is 7.91. The predicted octanol–water partition coefficient (Wildman–Crippen LogP) is 0.861. The van der Waals surface area contributed by atoms with Crippen molar-refractivity contribution in [3.8, 4) is 5.88 Å². The van der Waals surface area contributed by atoms with Crippen LogP contribution in [0.15, 0.2) is 12.1 Å². The fraction of sp³-hybridized carbons (Fsp3) is 0.385. The number of anilines is 1. The fourth-order valence-electron chi connectivity index (χ4n) is 2.24. The van der Waals surface area contributed by atoms with Crippen molar-refractivity contribution in [1.82, 2.24) is 45.4 Å². The standard InChI is InChI=1S/C13H11F5N10O2/c1-26(12-21-23-24-27(12)2)10(29)6-3-4-7(13(16,17)18)19-9(6)30-5-8-20-22-25-28(8)11(14)15/h3-4,11H,5H2,1-2H3. The molecule has 0 aliphatic heterocycles. The molecule has 1 amide bonds. The molecule has 160 valence electrons. The van der Waals surface area contributed by atoms with Crippen LogP contribution in [0.3, 0.4) is 0 Å². The highest BCUT2D eigenvalue weighted by Crippen LogP contribution is 2.31. The number of nitrogens with zero attached hydrogens (tertiary/aromatic N) is 10. The van der Waals surface area contributed by atoms with Gasteiger partial charge in [0, 0.05) is 14.1 Å². The Kier molecular flexibility index (Phi) is 5.52. The Morgan fingerprint density at radius 3 is 2.50 bits per heavy atom. The molecule has 12 nitrogen and oxygen atoms in total. The lowest BCUT2D eigenvalue weighted by molar-refractivity contribution is -0.141. The summed E-state index contributed by atoms with van der Waals surface area (Å²) in [4.78, 5) is 17.0. The highest BCUT2D eigenvalue weighted by molar-refractivity contribution is 6.06. The molecule has 0 saturated heterocycles. The molecule has 3 aromatic rings. The first-order chi connectivity index (χ1) is 14.1. The van der Waals surface area contributed by atoms with Crippen LogP contribution in [0, 0.1) is 0 Å². The number of tetrazole rings is 2. The van der Waals surface area contributed by atoms with E-state index in [-0.39, 0.29) is 10.6 Å². The number of carbonyl (C=O) groups excluding carboxylic acids is 1. The van der Waals surface area contributed by atoms with Crippen molar-refractivity contribution >= 4 is 11.9 Å². The largest absolute Gasteiger partial charge is 0.469 e. The molecule has 0 fully saturated rings. The lowest BCUT2D eigenvalue weighted by atomic mass is 10.2. The van der Waals surface area contributed by atoms with Crippen molar-refractivity contribution in [3.63, 3.8) is 0 Å². The van der Waals surface area contributed by atoms with E-state index in [1.54, 1.807) is 0 Å². The topological polar surface area (TPSA) is 130 Å². The molecule has 0 aliphatic carbocycles. The third-order valence-corrected chi connectivity index (χ3v) is 3.67. The number of halogens is 5. The van der Waals surface area contributed by atoms with Gasteiger partial charge < -0.3 is 4.74 Å². The number of aromatic nitrogens is 9. The summed E-state index contributed by atoms with van der Waals surface area (Å²) in [5, 5.41) is 19.9. The van der Waals surface area contributed by atoms with Gasteiger partial charge in [-0.1, -0.05) is 5.10 Å². The highest BCUT2D eigenvalue weighted by Gasteiger charge is 2.34. The molecule has 0 N–H and O–H groups in total. The van der Waals surface area contributed by atoms with E-state index < -0.39 is 48.2 Å². The maximum atomic E-state index is 13.0. The third kappa shape index (κ3) is 4.13. The number of alkyl halides is 5. The summed E-state index contributed by atoms with van der Waals surface area (Å²) in [6.07, 6.45) is -4.84. The van der Waals surface area contributed by atoms with E-state index in [0.29, 0.717) is 6.07 Å². The van der Waals surface area contributed by atoms with Crippen molar-refractivity contribution < 1.29 is 31.5 Å². The van der Waals surface area contributed by atoms with Gasteiger partial charge in [0.1, 0.15) is 11.3 Å². The molecule has 17 heteroatoms. The van der Waals surface area contributed by atoms with Crippen LogP contribution in [0.25, 0.3) is 0 Å². The Morgan fingerprint density at radius 1 is 1.20 bits per heavy atom. The van der Waals surface area contributed by atoms with Gasteiger partial charge in [-0.25, -0.2) is 9.67 Å². The van der Waals surface area contributed by atoms with E-state index in [0.717, 1.165) is 15.6 Å². The number of carbonyl (C=O) groups is 1. The van der Waals surface area contributed by atoms with Gasteiger partial charge in [-0.3, -0.25) is 9.69 Å². The number of rotatable bonds is 6. The van der Waals surface area contributed by atoms with E-state index in [4.69, 9.17) is 4.74 Å². The van der Waals surface area contributed by atoms with Crippen LogP contribution in [-0.4, -0.2) is 58.4 Å². The SMILES string of the molecule is CN(C(=O)c1ccc(C(F)(F)F)nc1OCc1nnnn1C(F)F)c1nnnn1C. The zero-order valence-corrected chi connectivity index (χ0v) is 15.1. The van der Waals surface area contributed by atoms with Gasteiger partial charge >= 0.3 is 12.7 Å². The van der Waals surface area contributed by atoms with Gasteiger partial charge in [-0.05, 0) is 33.0 Å². The van der Waals surface area contributed by atoms with Crippen molar-refractivity contribution in [2.45, 2.75) is 19.3 Å². The molecular weight excluding hydrogens is 423 g/mol. The Hall–Kier alpha value is -3.79. The van der Waals surface area contributed by atoms with Gasteiger partial charge in [0.2, 0.25) is 5.88 Å². The van der Waals surface area contributed by atoms with E-state index in [9.17, 15) is 26.7 Å². The van der Waals surface area contributed by atoms with Crippen LogP contribution in [0.5, 0.6) is 5.88 Å². The number of pyridine rings is 1. The van der Waals surface area contributed by atoms with E-state index in [1.165, 1.54) is 14.1 Å². The summed E-state index contributed by atoms with van der Waals surface area (Å²) in [6.45, 7) is -3.88. The molecule has 0 unspecified atom stereocenters. The minimum Gasteiger partial charge on any atom is -0.469 e. The van der Waals surface area contributed by atoms with E-state index in [2.05, 4.69) is 36.0 Å². The third-order valence-electron chi connectivity index (χ3n) is 3.67. The maximum absolute atomic E-state index is 13.0. The fourth-order valence-corrected chi connectivity index (χ4v) is 2.24. The Labute approximate surface area is 163 Å². The highest BCUT2D eigenvalue weighted by atomic mass is 19.4. The minimum absolute atomic E-state index is 0.0208. The molecule has 0 bridgehead atoms. The first kappa shape index (κ1) is 20.9. The molecule has 3 aromatic heterocycles. The van der Waals surface area contributed by atoms with Gasteiger partial charge in [-0.2, -0.15) is 26.6 Å². The zero-order valence-electron chi connectivity index (χ0n) is 15.1. The van der Waals surface area contributed by atoms with Crippen LogP contribution in [0.2, 0.25) is 0 Å². The Balaban J connectivity index is 1.95. The van der Waals surface area contributed by atoms with Crippen LogP contribution in [0.1, 0.15) is 28.4 Å². The number of ether oxygens (including phenoxy) is 1. The lowest BCUT2D eigenvalue weighted by Gasteiger charge is -2.17. The summed E-state index contributed by atoms with van der Waals surface area (Å²) in [7, 11) is 2.71. The summed E-state index contributed by atoms with van der Waals surface area (Å²) < 4.78 is 71.2. The zero-order chi connectivity index (χ0) is 22.1. The Morgan fingerprint density at radius 2 is 1.90 bits per heavy atom. The quantitative estimate of drug-likeness (QED) is 0.519. The van der Waals surface area contributed by atoms with E-state index in [1.807, 2.05) is 0 Å². The van der Waals surface area contributed by atoms with Crippen molar-refractivity contribution in [3.05, 3.63) is 29.2 Å². The normalized spacial score (nSPS) is 11.7. The van der Waals surface area contributed by atoms with Crippen LogP contribution in [-0.2, 0) is 19.8 Å². The molecule has 3 rings (SSSR count). The van der Waals surface area contributed by atoms with Crippen LogP contribution in [0.4, 0.5) is 27.9 Å². The monoisotopic (exact) mass is 434 g/mol. The number of aryl methyl sites for hydroxylation is 1. The molecular formula is C13H11F5N10O2. The molecule has 30 heavy (non-hydrogen) atoms. The lowest BCUT2D eigenvalue weighted by Crippen LogP contribution is -2.30. The first-order valence-corrected chi connectivity index (χ1v) is 7.86.